The zero-order chi connectivity index (χ0) is 11.3. The Hall–Kier alpha value is -0.850. The number of aromatic amines is 1. The Morgan fingerprint density at radius 3 is 3.07 bits per heavy atom. The van der Waals surface area contributed by atoms with Gasteiger partial charge >= 0.3 is 0 Å². The van der Waals surface area contributed by atoms with Crippen molar-refractivity contribution in [3.05, 3.63) is 31.9 Å². The molecule has 1 rings (SSSR count). The van der Waals surface area contributed by atoms with Crippen LogP contribution in [0.3, 0.4) is 0 Å². The molecule has 0 amide bonds. The van der Waals surface area contributed by atoms with Crippen LogP contribution in [0.15, 0.2) is 22.8 Å². The summed E-state index contributed by atoms with van der Waals surface area (Å²) in [5, 5.41) is 3.13. The van der Waals surface area contributed by atoms with Crippen molar-refractivity contribution < 1.29 is 0 Å². The highest BCUT2D eigenvalue weighted by Crippen LogP contribution is 2.08. The van der Waals surface area contributed by atoms with Gasteiger partial charge in [-0.15, -0.1) is 0 Å². The van der Waals surface area contributed by atoms with Crippen LogP contribution in [-0.2, 0) is 0 Å². The second kappa shape index (κ2) is 5.89. The van der Waals surface area contributed by atoms with E-state index in [0.29, 0.717) is 9.39 Å². The van der Waals surface area contributed by atoms with Crippen molar-refractivity contribution in [2.75, 3.05) is 11.9 Å². The molecule has 0 spiro atoms. The Kier molecular flexibility index (Phi) is 4.80. The Morgan fingerprint density at radius 1 is 1.67 bits per heavy atom. The molecular weight excluding hydrogens is 305 g/mol. The lowest BCUT2D eigenvalue weighted by Crippen LogP contribution is -2.15. The van der Waals surface area contributed by atoms with Crippen molar-refractivity contribution in [1.29, 1.82) is 0 Å². The largest absolute Gasteiger partial charge is 0.369 e. The van der Waals surface area contributed by atoms with Gasteiger partial charge in [-0.05, 0) is 42.9 Å². The smallest absolute Gasteiger partial charge is 0.266 e. The number of hydrogen-bond acceptors (Lipinski definition) is 3. The third-order valence-corrected chi connectivity index (χ3v) is 2.79. The van der Waals surface area contributed by atoms with Crippen molar-refractivity contribution in [1.82, 2.24) is 9.97 Å². The van der Waals surface area contributed by atoms with Crippen LogP contribution >= 0.6 is 22.6 Å². The summed E-state index contributed by atoms with van der Waals surface area (Å²) in [7, 11) is 0. The van der Waals surface area contributed by atoms with Gasteiger partial charge < -0.3 is 10.3 Å². The van der Waals surface area contributed by atoms with E-state index in [1.165, 1.54) is 11.9 Å². The van der Waals surface area contributed by atoms with Gasteiger partial charge in [-0.2, -0.15) is 0 Å². The van der Waals surface area contributed by atoms with Crippen LogP contribution in [0, 0.1) is 3.57 Å². The minimum atomic E-state index is -0.102. The Morgan fingerprint density at radius 2 is 2.40 bits per heavy atom. The molecule has 4 nitrogen and oxygen atoms in total. The number of halogens is 1. The summed E-state index contributed by atoms with van der Waals surface area (Å²) >= 11 is 1.99. The first kappa shape index (κ1) is 12.2. The number of nitrogens with one attached hydrogen (secondary N) is 2. The molecule has 0 aliphatic rings. The summed E-state index contributed by atoms with van der Waals surface area (Å²) < 4.78 is 0.604. The van der Waals surface area contributed by atoms with Gasteiger partial charge in [0.1, 0.15) is 9.39 Å². The highest BCUT2D eigenvalue weighted by atomic mass is 127. The van der Waals surface area contributed by atoms with Crippen LogP contribution in [0.25, 0.3) is 0 Å². The third kappa shape index (κ3) is 4.03. The molecule has 5 heteroatoms. The van der Waals surface area contributed by atoms with Crippen molar-refractivity contribution in [2.24, 2.45) is 0 Å². The van der Waals surface area contributed by atoms with Crippen LogP contribution in [0.2, 0.25) is 0 Å². The molecule has 0 atom stereocenters. The van der Waals surface area contributed by atoms with Crippen molar-refractivity contribution in [3.63, 3.8) is 0 Å². The average Bonchev–Trinajstić information content (AvgIpc) is 2.18. The molecule has 0 aromatic carbocycles. The van der Waals surface area contributed by atoms with Crippen molar-refractivity contribution >= 4 is 28.4 Å². The predicted octanol–water partition coefficient (Wildman–Crippen LogP) is 2.14. The number of nitrogens with zero attached hydrogens (tertiary/aromatic N) is 1. The standard InChI is InChI=1S/C10H14IN3O/c1-7(2)4-3-5-12-9-8(11)10(15)14-6-13-9/h4,6H,3,5H2,1-2H3,(H2,12,13,14,15). The Labute approximate surface area is 102 Å². The van der Waals surface area contributed by atoms with Crippen LogP contribution in [0.4, 0.5) is 5.82 Å². The lowest BCUT2D eigenvalue weighted by molar-refractivity contribution is 1.01. The van der Waals surface area contributed by atoms with Gasteiger partial charge in [0.05, 0.1) is 6.33 Å². The third-order valence-electron chi connectivity index (χ3n) is 1.79. The minimum absolute atomic E-state index is 0.102. The van der Waals surface area contributed by atoms with E-state index < -0.39 is 0 Å². The van der Waals surface area contributed by atoms with Crippen LogP contribution < -0.4 is 10.9 Å². The van der Waals surface area contributed by atoms with E-state index in [0.717, 1.165) is 13.0 Å². The van der Waals surface area contributed by atoms with E-state index in [1.54, 1.807) is 0 Å². The molecule has 15 heavy (non-hydrogen) atoms. The number of anilines is 1. The fourth-order valence-corrected chi connectivity index (χ4v) is 1.54. The fraction of sp³-hybridized carbons (Fsp3) is 0.400. The summed E-state index contributed by atoms with van der Waals surface area (Å²) in [6.45, 7) is 4.92. The van der Waals surface area contributed by atoms with Gasteiger partial charge in [-0.3, -0.25) is 4.79 Å². The second-order valence-corrected chi connectivity index (χ2v) is 4.47. The van der Waals surface area contributed by atoms with Gasteiger partial charge in [-0.1, -0.05) is 11.6 Å². The van der Waals surface area contributed by atoms with E-state index in [1.807, 2.05) is 22.6 Å². The fourth-order valence-electron chi connectivity index (χ4n) is 1.06. The van der Waals surface area contributed by atoms with Gasteiger partial charge in [0.15, 0.2) is 0 Å². The van der Waals surface area contributed by atoms with Gasteiger partial charge in [0.2, 0.25) is 0 Å². The SMILES string of the molecule is CC(C)=CCCNc1nc[nH]c(=O)c1I. The van der Waals surface area contributed by atoms with Crippen LogP contribution in [-0.4, -0.2) is 16.5 Å². The normalized spacial score (nSPS) is 9.80. The predicted molar refractivity (Wildman–Crippen MR) is 70.1 cm³/mol. The molecule has 0 bridgehead atoms. The second-order valence-electron chi connectivity index (χ2n) is 3.39. The van der Waals surface area contributed by atoms with E-state index >= 15 is 0 Å². The highest BCUT2D eigenvalue weighted by Gasteiger charge is 2.02. The quantitative estimate of drug-likeness (QED) is 0.508. The molecule has 1 aromatic rings. The van der Waals surface area contributed by atoms with Crippen LogP contribution in [0.1, 0.15) is 20.3 Å². The lowest BCUT2D eigenvalue weighted by atomic mass is 10.3. The Bertz CT molecular complexity index is 407. The maximum Gasteiger partial charge on any atom is 0.266 e. The highest BCUT2D eigenvalue weighted by molar-refractivity contribution is 14.1. The van der Waals surface area contributed by atoms with Crippen LogP contribution in [0.5, 0.6) is 0 Å². The van der Waals surface area contributed by atoms with E-state index in [9.17, 15) is 4.79 Å². The first-order valence-corrected chi connectivity index (χ1v) is 5.79. The summed E-state index contributed by atoms with van der Waals surface area (Å²) in [6.07, 6.45) is 4.49. The summed E-state index contributed by atoms with van der Waals surface area (Å²) in [4.78, 5) is 17.8. The number of hydrogen-bond donors (Lipinski definition) is 2. The summed E-state index contributed by atoms with van der Waals surface area (Å²) in [6, 6.07) is 0. The number of allylic oxidation sites excluding steroid dienone is 1. The molecule has 2 N–H and O–H groups in total. The van der Waals surface area contributed by atoms with E-state index in [4.69, 9.17) is 0 Å². The summed E-state index contributed by atoms with van der Waals surface area (Å²) in [5.74, 6) is 0.654. The monoisotopic (exact) mass is 319 g/mol. The maximum absolute atomic E-state index is 11.2. The molecule has 0 saturated carbocycles. The van der Waals surface area contributed by atoms with Gasteiger partial charge in [0, 0.05) is 6.54 Å². The molecule has 0 fully saturated rings. The zero-order valence-electron chi connectivity index (χ0n) is 8.80. The molecule has 0 unspecified atom stereocenters. The van der Waals surface area contributed by atoms with Gasteiger partial charge in [0.25, 0.3) is 5.56 Å². The molecule has 0 aliphatic carbocycles. The molecule has 0 aliphatic heterocycles. The lowest BCUT2D eigenvalue weighted by Gasteiger charge is -2.04. The average molecular weight is 319 g/mol. The first-order valence-electron chi connectivity index (χ1n) is 4.71. The maximum atomic E-state index is 11.2. The van der Waals surface area contributed by atoms with Crippen molar-refractivity contribution in [2.45, 2.75) is 20.3 Å². The topological polar surface area (TPSA) is 57.8 Å². The Balaban J connectivity index is 2.55. The number of rotatable bonds is 4. The number of H-pyrrole nitrogens is 1. The van der Waals surface area contributed by atoms with Crippen molar-refractivity contribution in [3.8, 4) is 0 Å². The molecule has 1 aromatic heterocycles. The molecular formula is C10H14IN3O. The van der Waals surface area contributed by atoms with E-state index in [2.05, 4.69) is 35.2 Å². The molecule has 0 saturated heterocycles. The zero-order valence-corrected chi connectivity index (χ0v) is 11.0. The first-order chi connectivity index (χ1) is 7.11. The van der Waals surface area contributed by atoms with E-state index in [-0.39, 0.29) is 5.56 Å². The molecule has 1 heterocycles. The minimum Gasteiger partial charge on any atom is -0.369 e. The van der Waals surface area contributed by atoms with Gasteiger partial charge in [-0.25, -0.2) is 4.98 Å². The number of aromatic nitrogens is 2. The summed E-state index contributed by atoms with van der Waals surface area (Å²) in [5.41, 5.74) is 1.20. The molecule has 82 valence electrons. The molecule has 0 radical (unpaired) electrons.